The third-order valence-corrected chi connectivity index (χ3v) is 3.59. The van der Waals surface area contributed by atoms with Crippen molar-refractivity contribution in [3.8, 4) is 0 Å². The minimum atomic E-state index is -0.977. The van der Waals surface area contributed by atoms with Crippen LogP contribution >= 0.6 is 0 Å². The van der Waals surface area contributed by atoms with Crippen molar-refractivity contribution in [3.63, 3.8) is 0 Å². The molecule has 0 radical (unpaired) electrons. The highest BCUT2D eigenvalue weighted by molar-refractivity contribution is 5.25. The van der Waals surface area contributed by atoms with Gasteiger partial charge in [0.15, 0.2) is 0 Å². The van der Waals surface area contributed by atoms with Gasteiger partial charge in [-0.3, -0.25) is 0 Å². The SMILES string of the molecule is CC(C)(O)[C@@H](c1ccccc1)[C@H](O)Cc1ccccc1. The molecule has 2 heteroatoms. The molecular weight excluding hydrogens is 248 g/mol. The van der Waals surface area contributed by atoms with Crippen LogP contribution in [0.4, 0.5) is 0 Å². The van der Waals surface area contributed by atoms with Gasteiger partial charge in [0.25, 0.3) is 0 Å². The first kappa shape index (κ1) is 14.8. The number of benzene rings is 2. The third kappa shape index (κ3) is 3.69. The van der Waals surface area contributed by atoms with E-state index in [0.717, 1.165) is 11.1 Å². The van der Waals surface area contributed by atoms with Crippen molar-refractivity contribution in [1.29, 1.82) is 0 Å². The van der Waals surface area contributed by atoms with Crippen LogP contribution < -0.4 is 0 Å². The molecule has 0 amide bonds. The minimum absolute atomic E-state index is 0.316. The van der Waals surface area contributed by atoms with Gasteiger partial charge in [0.1, 0.15) is 0 Å². The van der Waals surface area contributed by atoms with E-state index in [1.807, 2.05) is 60.7 Å². The van der Waals surface area contributed by atoms with Crippen LogP contribution in [-0.2, 0) is 6.42 Å². The van der Waals surface area contributed by atoms with Crippen LogP contribution in [0.15, 0.2) is 60.7 Å². The molecule has 0 aromatic heterocycles. The van der Waals surface area contributed by atoms with Crippen molar-refractivity contribution in [2.45, 2.75) is 37.9 Å². The van der Waals surface area contributed by atoms with Crippen LogP contribution in [0.5, 0.6) is 0 Å². The Labute approximate surface area is 120 Å². The lowest BCUT2D eigenvalue weighted by Gasteiger charge is -2.33. The summed E-state index contributed by atoms with van der Waals surface area (Å²) in [6, 6.07) is 19.6. The minimum Gasteiger partial charge on any atom is -0.392 e. The molecule has 0 aliphatic carbocycles. The second kappa shape index (κ2) is 6.21. The predicted molar refractivity (Wildman–Crippen MR) is 81.6 cm³/mol. The molecule has 2 N–H and O–H groups in total. The molecule has 0 bridgehead atoms. The lowest BCUT2D eigenvalue weighted by atomic mass is 9.79. The fraction of sp³-hybridized carbons (Fsp3) is 0.333. The number of rotatable bonds is 5. The smallest absolute Gasteiger partial charge is 0.0684 e. The maximum absolute atomic E-state index is 10.6. The summed E-state index contributed by atoms with van der Waals surface area (Å²) in [6.45, 7) is 3.50. The van der Waals surface area contributed by atoms with Gasteiger partial charge >= 0.3 is 0 Å². The second-order valence-corrected chi connectivity index (χ2v) is 5.80. The number of aliphatic hydroxyl groups excluding tert-OH is 1. The van der Waals surface area contributed by atoms with Gasteiger partial charge in [-0.25, -0.2) is 0 Å². The Hall–Kier alpha value is -1.64. The maximum atomic E-state index is 10.6. The van der Waals surface area contributed by atoms with E-state index >= 15 is 0 Å². The average molecular weight is 270 g/mol. The van der Waals surface area contributed by atoms with Crippen LogP contribution in [-0.4, -0.2) is 21.9 Å². The Bertz CT molecular complexity index is 514. The topological polar surface area (TPSA) is 40.5 Å². The van der Waals surface area contributed by atoms with Gasteiger partial charge in [0.05, 0.1) is 11.7 Å². The van der Waals surface area contributed by atoms with Crippen LogP contribution in [0.25, 0.3) is 0 Å². The summed E-state index contributed by atoms with van der Waals surface area (Å²) in [5, 5.41) is 21.0. The van der Waals surface area contributed by atoms with Gasteiger partial charge in [-0.2, -0.15) is 0 Å². The van der Waals surface area contributed by atoms with Crippen molar-refractivity contribution in [2.24, 2.45) is 0 Å². The van der Waals surface area contributed by atoms with E-state index < -0.39 is 11.7 Å². The van der Waals surface area contributed by atoms with Gasteiger partial charge in [0.2, 0.25) is 0 Å². The van der Waals surface area contributed by atoms with E-state index in [1.165, 1.54) is 0 Å². The highest BCUT2D eigenvalue weighted by Crippen LogP contribution is 2.32. The molecule has 0 saturated carbocycles. The summed E-state index contributed by atoms with van der Waals surface area (Å²) in [7, 11) is 0. The van der Waals surface area contributed by atoms with Gasteiger partial charge in [-0.1, -0.05) is 60.7 Å². The summed E-state index contributed by atoms with van der Waals surface area (Å²) in [5.74, 6) is -0.316. The Kier molecular flexibility index (Phi) is 4.58. The molecular formula is C18H22O2. The molecule has 0 saturated heterocycles. The molecule has 2 aromatic carbocycles. The van der Waals surface area contributed by atoms with Crippen molar-refractivity contribution < 1.29 is 10.2 Å². The summed E-state index contributed by atoms with van der Waals surface area (Å²) in [6.07, 6.45) is -0.0931. The standard InChI is InChI=1S/C18H22O2/c1-18(2,20)17(15-11-7-4-8-12-15)16(19)13-14-9-5-3-6-10-14/h3-12,16-17,19-20H,13H2,1-2H3/t16-,17+/m1/s1. The van der Waals surface area contributed by atoms with E-state index in [4.69, 9.17) is 0 Å². The monoisotopic (exact) mass is 270 g/mol. The normalized spacial score (nSPS) is 14.8. The number of aliphatic hydroxyl groups is 2. The highest BCUT2D eigenvalue weighted by Gasteiger charge is 2.34. The predicted octanol–water partition coefficient (Wildman–Crippen LogP) is 3.14. The summed E-state index contributed by atoms with van der Waals surface area (Å²) >= 11 is 0. The number of hydrogen-bond donors (Lipinski definition) is 2. The first-order valence-corrected chi connectivity index (χ1v) is 6.98. The van der Waals surface area contributed by atoms with Gasteiger partial charge in [0, 0.05) is 5.92 Å². The van der Waals surface area contributed by atoms with Crippen LogP contribution in [0.2, 0.25) is 0 Å². The zero-order chi connectivity index (χ0) is 14.6. The van der Waals surface area contributed by atoms with Crippen molar-refractivity contribution in [1.82, 2.24) is 0 Å². The molecule has 20 heavy (non-hydrogen) atoms. The molecule has 0 spiro atoms. The fourth-order valence-electron chi connectivity index (χ4n) is 2.73. The lowest BCUT2D eigenvalue weighted by molar-refractivity contribution is -0.00787. The zero-order valence-electron chi connectivity index (χ0n) is 12.0. The Morgan fingerprint density at radius 2 is 1.40 bits per heavy atom. The first-order chi connectivity index (χ1) is 9.48. The molecule has 2 atom stereocenters. The molecule has 0 unspecified atom stereocenters. The van der Waals surface area contributed by atoms with E-state index in [9.17, 15) is 10.2 Å². The van der Waals surface area contributed by atoms with E-state index in [1.54, 1.807) is 13.8 Å². The zero-order valence-corrected chi connectivity index (χ0v) is 12.0. The fourth-order valence-corrected chi connectivity index (χ4v) is 2.73. The lowest BCUT2D eigenvalue weighted by Crippen LogP contribution is -2.38. The van der Waals surface area contributed by atoms with Crippen molar-refractivity contribution >= 4 is 0 Å². The molecule has 106 valence electrons. The average Bonchev–Trinajstić information content (AvgIpc) is 2.39. The van der Waals surface area contributed by atoms with Gasteiger partial charge in [-0.05, 0) is 31.4 Å². The van der Waals surface area contributed by atoms with Crippen molar-refractivity contribution in [3.05, 3.63) is 71.8 Å². The van der Waals surface area contributed by atoms with Crippen LogP contribution in [0.1, 0.15) is 30.9 Å². The van der Waals surface area contributed by atoms with Crippen LogP contribution in [0.3, 0.4) is 0 Å². The van der Waals surface area contributed by atoms with E-state index in [-0.39, 0.29) is 5.92 Å². The second-order valence-electron chi connectivity index (χ2n) is 5.80. The molecule has 0 fully saturated rings. The molecule has 2 rings (SSSR count). The van der Waals surface area contributed by atoms with Crippen molar-refractivity contribution in [2.75, 3.05) is 0 Å². The first-order valence-electron chi connectivity index (χ1n) is 6.98. The molecule has 0 heterocycles. The third-order valence-electron chi connectivity index (χ3n) is 3.59. The van der Waals surface area contributed by atoms with Gasteiger partial charge < -0.3 is 10.2 Å². The van der Waals surface area contributed by atoms with E-state index in [2.05, 4.69) is 0 Å². The quantitative estimate of drug-likeness (QED) is 0.876. The molecule has 0 aliphatic rings. The van der Waals surface area contributed by atoms with Gasteiger partial charge in [-0.15, -0.1) is 0 Å². The molecule has 2 aromatic rings. The molecule has 0 aliphatic heterocycles. The Morgan fingerprint density at radius 1 is 0.900 bits per heavy atom. The largest absolute Gasteiger partial charge is 0.392 e. The Morgan fingerprint density at radius 3 is 1.90 bits per heavy atom. The number of hydrogen-bond acceptors (Lipinski definition) is 2. The Balaban J connectivity index is 2.24. The molecule has 2 nitrogen and oxygen atoms in total. The summed E-state index contributed by atoms with van der Waals surface area (Å²) < 4.78 is 0. The summed E-state index contributed by atoms with van der Waals surface area (Å²) in [5.41, 5.74) is 1.06. The van der Waals surface area contributed by atoms with Crippen LogP contribution in [0, 0.1) is 0 Å². The van der Waals surface area contributed by atoms with E-state index in [0.29, 0.717) is 6.42 Å². The maximum Gasteiger partial charge on any atom is 0.0684 e. The summed E-state index contributed by atoms with van der Waals surface area (Å²) in [4.78, 5) is 0. The highest BCUT2D eigenvalue weighted by atomic mass is 16.3.